The van der Waals surface area contributed by atoms with Crippen molar-refractivity contribution in [2.45, 2.75) is 6.54 Å². The lowest BCUT2D eigenvalue weighted by molar-refractivity contribution is 0.710. The number of nitrogens with zero attached hydrogens (tertiary/aromatic N) is 4. The molecule has 2 rings (SSSR count). The quantitative estimate of drug-likeness (QED) is 0.715. The van der Waals surface area contributed by atoms with Crippen LogP contribution in [0.1, 0.15) is 5.69 Å². The van der Waals surface area contributed by atoms with E-state index in [-0.39, 0.29) is 0 Å². The van der Waals surface area contributed by atoms with Gasteiger partial charge in [0.05, 0.1) is 12.2 Å². The van der Waals surface area contributed by atoms with Crippen LogP contribution in [0.25, 0.3) is 0 Å². The van der Waals surface area contributed by atoms with Crippen molar-refractivity contribution in [1.29, 1.82) is 0 Å². The molecule has 13 heavy (non-hydrogen) atoms. The van der Waals surface area contributed by atoms with Gasteiger partial charge in [-0.3, -0.25) is 4.68 Å². The molecule has 2 heterocycles. The van der Waals surface area contributed by atoms with E-state index in [1.807, 2.05) is 30.1 Å². The highest BCUT2D eigenvalue weighted by Gasteiger charge is 2.00. The van der Waals surface area contributed by atoms with E-state index in [2.05, 4.69) is 10.1 Å². The molecule has 5 nitrogen and oxygen atoms in total. The highest BCUT2D eigenvalue weighted by molar-refractivity contribution is 5.18. The van der Waals surface area contributed by atoms with Crippen molar-refractivity contribution < 1.29 is 0 Å². The van der Waals surface area contributed by atoms with Crippen LogP contribution in [0.5, 0.6) is 0 Å². The van der Waals surface area contributed by atoms with Gasteiger partial charge >= 0.3 is 0 Å². The van der Waals surface area contributed by atoms with E-state index < -0.39 is 0 Å². The van der Waals surface area contributed by atoms with Crippen LogP contribution in [0.15, 0.2) is 24.7 Å². The largest absolute Gasteiger partial charge is 0.369 e. The van der Waals surface area contributed by atoms with Crippen molar-refractivity contribution in [2.24, 2.45) is 7.05 Å². The first kappa shape index (κ1) is 7.85. The van der Waals surface area contributed by atoms with Crippen molar-refractivity contribution in [1.82, 2.24) is 19.3 Å². The van der Waals surface area contributed by atoms with E-state index in [9.17, 15) is 0 Å². The summed E-state index contributed by atoms with van der Waals surface area (Å²) in [5.41, 5.74) is 6.59. The van der Waals surface area contributed by atoms with Gasteiger partial charge in [0.25, 0.3) is 0 Å². The van der Waals surface area contributed by atoms with Crippen molar-refractivity contribution >= 4 is 5.95 Å². The average molecular weight is 177 g/mol. The first-order valence-electron chi connectivity index (χ1n) is 4.01. The Labute approximate surface area is 75.8 Å². The van der Waals surface area contributed by atoms with Crippen molar-refractivity contribution in [3.8, 4) is 0 Å². The second-order valence-corrected chi connectivity index (χ2v) is 2.89. The molecule has 0 aromatic carbocycles. The molecule has 5 heteroatoms. The highest BCUT2D eigenvalue weighted by Crippen LogP contribution is 2.03. The van der Waals surface area contributed by atoms with E-state index in [1.165, 1.54) is 0 Å². The Bertz CT molecular complexity index is 400. The standard InChI is InChI=1S/C8H11N5/c1-12-4-2-7(11-12)6-13-5-3-10-8(13)9/h2-5H,6H2,1H3,(H2,9,10). The van der Waals surface area contributed by atoms with Gasteiger partial charge in [-0.05, 0) is 6.07 Å². The van der Waals surface area contributed by atoms with E-state index in [0.717, 1.165) is 5.69 Å². The molecule has 2 aromatic rings. The first-order valence-corrected chi connectivity index (χ1v) is 4.01. The van der Waals surface area contributed by atoms with E-state index in [4.69, 9.17) is 5.73 Å². The Morgan fingerprint density at radius 1 is 1.46 bits per heavy atom. The number of hydrogen-bond donors (Lipinski definition) is 1. The van der Waals surface area contributed by atoms with Gasteiger partial charge in [0.1, 0.15) is 0 Å². The number of imidazole rings is 1. The number of aryl methyl sites for hydroxylation is 1. The third-order valence-electron chi connectivity index (χ3n) is 1.85. The summed E-state index contributed by atoms with van der Waals surface area (Å²) in [5.74, 6) is 0.519. The number of nitrogens with two attached hydrogens (primary N) is 1. The zero-order valence-electron chi connectivity index (χ0n) is 7.38. The molecule has 0 aliphatic heterocycles. The number of rotatable bonds is 2. The molecule has 0 aliphatic rings. The summed E-state index contributed by atoms with van der Waals surface area (Å²) in [6.45, 7) is 0.673. The molecule has 0 bridgehead atoms. The molecule has 2 N–H and O–H groups in total. The number of aromatic nitrogens is 4. The molecule has 0 saturated carbocycles. The summed E-state index contributed by atoms with van der Waals surface area (Å²) in [4.78, 5) is 3.93. The zero-order chi connectivity index (χ0) is 9.26. The Hall–Kier alpha value is -1.78. The van der Waals surface area contributed by atoms with E-state index in [0.29, 0.717) is 12.5 Å². The topological polar surface area (TPSA) is 61.7 Å². The Balaban J connectivity index is 2.19. The maximum Gasteiger partial charge on any atom is 0.200 e. The van der Waals surface area contributed by atoms with Gasteiger partial charge in [-0.2, -0.15) is 5.10 Å². The third kappa shape index (κ3) is 1.53. The maximum absolute atomic E-state index is 5.61. The monoisotopic (exact) mass is 177 g/mol. The second-order valence-electron chi connectivity index (χ2n) is 2.89. The minimum absolute atomic E-state index is 0.519. The van der Waals surface area contributed by atoms with Crippen LogP contribution in [-0.2, 0) is 13.6 Å². The summed E-state index contributed by atoms with van der Waals surface area (Å²) in [6.07, 6.45) is 5.42. The molecule has 0 radical (unpaired) electrons. The smallest absolute Gasteiger partial charge is 0.200 e. The minimum Gasteiger partial charge on any atom is -0.369 e. The molecule has 0 atom stereocenters. The normalized spacial score (nSPS) is 10.5. The predicted molar refractivity (Wildman–Crippen MR) is 48.9 cm³/mol. The van der Waals surface area contributed by atoms with Crippen LogP contribution in [0, 0.1) is 0 Å². The summed E-state index contributed by atoms with van der Waals surface area (Å²) >= 11 is 0. The maximum atomic E-state index is 5.61. The number of hydrogen-bond acceptors (Lipinski definition) is 3. The highest BCUT2D eigenvalue weighted by atomic mass is 15.3. The molecule has 0 fully saturated rings. The van der Waals surface area contributed by atoms with Crippen molar-refractivity contribution in [3.63, 3.8) is 0 Å². The number of anilines is 1. The van der Waals surface area contributed by atoms with Gasteiger partial charge < -0.3 is 10.3 Å². The molecule has 0 amide bonds. The summed E-state index contributed by atoms with van der Waals surface area (Å²) in [5, 5.41) is 4.24. The van der Waals surface area contributed by atoms with Crippen LogP contribution in [0.2, 0.25) is 0 Å². The van der Waals surface area contributed by atoms with Gasteiger partial charge in [0.15, 0.2) is 5.95 Å². The minimum atomic E-state index is 0.519. The number of nitrogen functional groups attached to an aromatic ring is 1. The van der Waals surface area contributed by atoms with Crippen molar-refractivity contribution in [3.05, 3.63) is 30.4 Å². The van der Waals surface area contributed by atoms with Crippen molar-refractivity contribution in [2.75, 3.05) is 5.73 Å². The van der Waals surface area contributed by atoms with Crippen LogP contribution in [0.3, 0.4) is 0 Å². The third-order valence-corrected chi connectivity index (χ3v) is 1.85. The molecule has 0 saturated heterocycles. The van der Waals surface area contributed by atoms with E-state index in [1.54, 1.807) is 10.9 Å². The molecule has 0 aliphatic carbocycles. The molecular weight excluding hydrogens is 166 g/mol. The lowest BCUT2D eigenvalue weighted by atomic mass is 10.4. The van der Waals surface area contributed by atoms with E-state index >= 15 is 0 Å². The molecule has 0 unspecified atom stereocenters. The van der Waals surface area contributed by atoms with Gasteiger partial charge in [-0.25, -0.2) is 4.98 Å². The van der Waals surface area contributed by atoms with Gasteiger partial charge in [0.2, 0.25) is 0 Å². The summed E-state index contributed by atoms with van der Waals surface area (Å²) in [7, 11) is 1.89. The van der Waals surface area contributed by atoms with Crippen LogP contribution in [0.4, 0.5) is 5.95 Å². The van der Waals surface area contributed by atoms with Gasteiger partial charge in [0, 0.05) is 25.6 Å². The Kier molecular flexibility index (Phi) is 1.77. The molecular formula is C8H11N5. The molecule has 68 valence electrons. The summed E-state index contributed by atoms with van der Waals surface area (Å²) < 4.78 is 3.62. The lowest BCUT2D eigenvalue weighted by Gasteiger charge is -2.00. The molecule has 0 spiro atoms. The first-order chi connectivity index (χ1) is 6.25. The molecule has 2 aromatic heterocycles. The van der Waals surface area contributed by atoms with Gasteiger partial charge in [-0.15, -0.1) is 0 Å². The van der Waals surface area contributed by atoms with Gasteiger partial charge in [-0.1, -0.05) is 0 Å². The SMILES string of the molecule is Cn1ccc(Cn2ccnc2N)n1. The average Bonchev–Trinajstić information content (AvgIpc) is 2.64. The predicted octanol–water partition coefficient (Wildman–Crippen LogP) is 0.247. The Morgan fingerprint density at radius 2 is 2.31 bits per heavy atom. The zero-order valence-corrected chi connectivity index (χ0v) is 7.38. The fourth-order valence-electron chi connectivity index (χ4n) is 1.20. The van der Waals surface area contributed by atoms with Crippen LogP contribution < -0.4 is 5.73 Å². The Morgan fingerprint density at radius 3 is 2.85 bits per heavy atom. The second kappa shape index (κ2) is 2.93. The summed E-state index contributed by atoms with van der Waals surface area (Å²) in [6, 6.07) is 1.96. The lowest BCUT2D eigenvalue weighted by Crippen LogP contribution is -2.04. The fraction of sp³-hybridized carbons (Fsp3) is 0.250. The van der Waals surface area contributed by atoms with Crippen LogP contribution in [-0.4, -0.2) is 19.3 Å². The fourth-order valence-corrected chi connectivity index (χ4v) is 1.20. The van der Waals surface area contributed by atoms with Crippen LogP contribution >= 0.6 is 0 Å².